The van der Waals surface area contributed by atoms with E-state index in [4.69, 9.17) is 0 Å². The highest BCUT2D eigenvalue weighted by atomic mass is 32.2. The van der Waals surface area contributed by atoms with Crippen LogP contribution in [0.1, 0.15) is 11.1 Å². The second-order valence-corrected chi connectivity index (χ2v) is 6.60. The third-order valence-corrected chi connectivity index (χ3v) is 4.48. The van der Waals surface area contributed by atoms with Crippen LogP contribution in [0.5, 0.6) is 5.75 Å². The first-order valence-corrected chi connectivity index (χ1v) is 8.01. The molecule has 0 unspecified atom stereocenters. The van der Waals surface area contributed by atoms with Gasteiger partial charge in [0.2, 0.25) is 0 Å². The van der Waals surface area contributed by atoms with E-state index in [2.05, 4.69) is 9.46 Å². The number of sulfonamides is 1. The molecule has 8 heteroatoms. The summed E-state index contributed by atoms with van der Waals surface area (Å²) in [6, 6.07) is 9.45. The molecule has 0 aliphatic carbocycles. The zero-order valence-corrected chi connectivity index (χ0v) is 13.1. The van der Waals surface area contributed by atoms with Gasteiger partial charge in [-0.15, -0.1) is 13.2 Å². The van der Waals surface area contributed by atoms with Crippen molar-refractivity contribution in [2.45, 2.75) is 25.1 Å². The summed E-state index contributed by atoms with van der Waals surface area (Å²) < 4.78 is 67.3. The first-order valence-electron chi connectivity index (χ1n) is 6.53. The van der Waals surface area contributed by atoms with Gasteiger partial charge in [0.1, 0.15) is 5.75 Å². The number of anilines is 1. The highest BCUT2D eigenvalue weighted by Crippen LogP contribution is 2.27. The average Bonchev–Trinajstić information content (AvgIpc) is 2.35. The number of halogens is 3. The first kappa shape index (κ1) is 17.1. The van der Waals surface area contributed by atoms with Crippen LogP contribution in [0, 0.1) is 13.8 Å². The van der Waals surface area contributed by atoms with Gasteiger partial charge >= 0.3 is 6.36 Å². The van der Waals surface area contributed by atoms with Gasteiger partial charge in [0.25, 0.3) is 10.0 Å². The third kappa shape index (κ3) is 4.62. The van der Waals surface area contributed by atoms with Crippen molar-refractivity contribution in [2.24, 2.45) is 0 Å². The highest BCUT2D eigenvalue weighted by Gasteiger charge is 2.31. The summed E-state index contributed by atoms with van der Waals surface area (Å²) in [5.74, 6) is -0.502. The van der Waals surface area contributed by atoms with E-state index in [0.717, 1.165) is 17.7 Å². The van der Waals surface area contributed by atoms with E-state index in [-0.39, 0.29) is 10.6 Å². The Hall–Kier alpha value is -2.22. The van der Waals surface area contributed by atoms with E-state index in [9.17, 15) is 21.6 Å². The molecule has 2 aromatic rings. The van der Waals surface area contributed by atoms with Crippen LogP contribution in [0.15, 0.2) is 47.4 Å². The molecule has 0 bridgehead atoms. The van der Waals surface area contributed by atoms with Gasteiger partial charge in [-0.2, -0.15) is 0 Å². The number of rotatable bonds is 4. The minimum absolute atomic E-state index is 0.0216. The summed E-state index contributed by atoms with van der Waals surface area (Å²) >= 11 is 0. The van der Waals surface area contributed by atoms with Crippen LogP contribution in [0.4, 0.5) is 18.9 Å². The standard InChI is InChI=1S/C15H14F3NO3S/c1-10-6-7-14(11(2)8-10)23(20,21)19-12-4-3-5-13(9-12)22-15(16,17)18/h3-9,19H,1-2H3. The van der Waals surface area contributed by atoms with Gasteiger partial charge in [0, 0.05) is 6.07 Å². The fraction of sp³-hybridized carbons (Fsp3) is 0.200. The van der Waals surface area contributed by atoms with Gasteiger partial charge in [0.15, 0.2) is 0 Å². The zero-order chi connectivity index (χ0) is 17.3. The molecule has 4 nitrogen and oxygen atoms in total. The van der Waals surface area contributed by atoms with Gasteiger partial charge < -0.3 is 4.74 Å². The Labute approximate surface area is 132 Å². The van der Waals surface area contributed by atoms with E-state index in [1.807, 2.05) is 6.92 Å². The van der Waals surface area contributed by atoms with Gasteiger partial charge in [0.05, 0.1) is 10.6 Å². The smallest absolute Gasteiger partial charge is 0.406 e. The van der Waals surface area contributed by atoms with Crippen LogP contribution in [0.2, 0.25) is 0 Å². The summed E-state index contributed by atoms with van der Waals surface area (Å²) in [7, 11) is -3.91. The summed E-state index contributed by atoms with van der Waals surface area (Å²) in [5, 5.41) is 0. The molecule has 0 spiro atoms. The molecule has 0 saturated carbocycles. The Morgan fingerprint density at radius 1 is 1.04 bits per heavy atom. The number of nitrogens with one attached hydrogen (secondary N) is 1. The van der Waals surface area contributed by atoms with Crippen LogP contribution in [0.25, 0.3) is 0 Å². The lowest BCUT2D eigenvalue weighted by molar-refractivity contribution is -0.274. The van der Waals surface area contributed by atoms with Crippen LogP contribution in [0.3, 0.4) is 0 Å². The molecule has 0 amide bonds. The Bertz CT molecular complexity index is 817. The maximum Gasteiger partial charge on any atom is 0.573 e. The molecule has 0 fully saturated rings. The van der Waals surface area contributed by atoms with Gasteiger partial charge in [-0.25, -0.2) is 8.42 Å². The summed E-state index contributed by atoms with van der Waals surface area (Å²) in [6.07, 6.45) is -4.84. The average molecular weight is 345 g/mol. The largest absolute Gasteiger partial charge is 0.573 e. The fourth-order valence-electron chi connectivity index (χ4n) is 2.07. The number of ether oxygens (including phenoxy) is 1. The van der Waals surface area contributed by atoms with Gasteiger partial charge in [-0.1, -0.05) is 23.8 Å². The molecule has 2 rings (SSSR count). The Morgan fingerprint density at radius 3 is 2.35 bits per heavy atom. The van der Waals surface area contributed by atoms with E-state index < -0.39 is 22.1 Å². The van der Waals surface area contributed by atoms with Crippen LogP contribution in [-0.2, 0) is 10.0 Å². The van der Waals surface area contributed by atoms with Crippen molar-refractivity contribution in [3.05, 3.63) is 53.6 Å². The van der Waals surface area contributed by atoms with Gasteiger partial charge in [-0.3, -0.25) is 4.72 Å². The van der Waals surface area contributed by atoms with E-state index in [1.165, 1.54) is 18.2 Å². The second-order valence-electron chi connectivity index (χ2n) is 4.95. The van der Waals surface area contributed by atoms with Crippen molar-refractivity contribution in [2.75, 3.05) is 4.72 Å². The lowest BCUT2D eigenvalue weighted by Crippen LogP contribution is -2.18. The van der Waals surface area contributed by atoms with Crippen LogP contribution >= 0.6 is 0 Å². The molecule has 0 aliphatic heterocycles. The summed E-state index contributed by atoms with van der Waals surface area (Å²) in [4.78, 5) is 0.0604. The molecule has 1 N–H and O–H groups in total. The highest BCUT2D eigenvalue weighted by molar-refractivity contribution is 7.92. The van der Waals surface area contributed by atoms with Crippen molar-refractivity contribution < 1.29 is 26.3 Å². The predicted molar refractivity (Wildman–Crippen MR) is 79.8 cm³/mol. The molecule has 2 aromatic carbocycles. The molecule has 23 heavy (non-hydrogen) atoms. The van der Waals surface area contributed by atoms with Crippen molar-refractivity contribution in [3.8, 4) is 5.75 Å². The lowest BCUT2D eigenvalue weighted by atomic mass is 10.2. The normalized spacial score (nSPS) is 12.0. The van der Waals surface area contributed by atoms with Crippen LogP contribution in [-0.4, -0.2) is 14.8 Å². The summed E-state index contributed by atoms with van der Waals surface area (Å²) in [5.41, 5.74) is 1.42. The second kappa shape index (κ2) is 6.11. The molecule has 0 atom stereocenters. The SMILES string of the molecule is Cc1ccc(S(=O)(=O)Nc2cccc(OC(F)(F)F)c2)c(C)c1. The van der Waals surface area contributed by atoms with Crippen molar-refractivity contribution in [3.63, 3.8) is 0 Å². The van der Waals surface area contributed by atoms with E-state index >= 15 is 0 Å². The van der Waals surface area contributed by atoms with Crippen molar-refractivity contribution in [1.29, 1.82) is 0 Å². The Balaban J connectivity index is 2.29. The Kier molecular flexibility index (Phi) is 4.56. The monoisotopic (exact) mass is 345 g/mol. The zero-order valence-electron chi connectivity index (χ0n) is 12.3. The molecular formula is C15H14F3NO3S. The summed E-state index contributed by atoms with van der Waals surface area (Å²) in [6.45, 7) is 3.47. The number of hydrogen-bond donors (Lipinski definition) is 1. The molecular weight excluding hydrogens is 331 g/mol. The number of aryl methyl sites for hydroxylation is 2. The quantitative estimate of drug-likeness (QED) is 0.911. The molecule has 0 radical (unpaired) electrons. The number of alkyl halides is 3. The van der Waals surface area contributed by atoms with Crippen LogP contribution < -0.4 is 9.46 Å². The number of benzene rings is 2. The van der Waals surface area contributed by atoms with Crippen molar-refractivity contribution in [1.82, 2.24) is 0 Å². The third-order valence-electron chi connectivity index (χ3n) is 2.94. The topological polar surface area (TPSA) is 55.4 Å². The maximum atomic E-state index is 12.4. The molecule has 0 aliphatic rings. The maximum absolute atomic E-state index is 12.4. The minimum atomic E-state index is -4.84. The first-order chi connectivity index (χ1) is 10.6. The molecule has 0 heterocycles. The van der Waals surface area contributed by atoms with E-state index in [0.29, 0.717) is 5.56 Å². The fourth-order valence-corrected chi connectivity index (χ4v) is 3.34. The molecule has 0 saturated heterocycles. The molecule has 0 aromatic heterocycles. The lowest BCUT2D eigenvalue weighted by Gasteiger charge is -2.13. The van der Waals surface area contributed by atoms with Crippen molar-refractivity contribution >= 4 is 15.7 Å². The molecule has 124 valence electrons. The van der Waals surface area contributed by atoms with E-state index in [1.54, 1.807) is 19.1 Å². The number of hydrogen-bond acceptors (Lipinski definition) is 3. The van der Waals surface area contributed by atoms with Gasteiger partial charge in [-0.05, 0) is 37.6 Å². The predicted octanol–water partition coefficient (Wildman–Crippen LogP) is 4.00. The minimum Gasteiger partial charge on any atom is -0.406 e. The Morgan fingerprint density at radius 2 is 1.74 bits per heavy atom.